The molecular formula is C17H14N4OS. The van der Waals surface area contributed by atoms with Gasteiger partial charge in [0.05, 0.1) is 12.8 Å². The lowest BCUT2D eigenvalue weighted by Crippen LogP contribution is -1.98. The lowest BCUT2D eigenvalue weighted by Gasteiger charge is -2.08. The minimum Gasteiger partial charge on any atom is -0.497 e. The first-order valence-electron chi connectivity index (χ1n) is 7.14. The van der Waals surface area contributed by atoms with Crippen molar-refractivity contribution in [1.29, 1.82) is 0 Å². The van der Waals surface area contributed by atoms with Gasteiger partial charge in [-0.2, -0.15) is 9.61 Å². The van der Waals surface area contributed by atoms with Gasteiger partial charge in [0, 0.05) is 16.3 Å². The molecule has 6 heteroatoms. The predicted octanol–water partition coefficient (Wildman–Crippen LogP) is 3.68. The fourth-order valence-electron chi connectivity index (χ4n) is 2.65. The van der Waals surface area contributed by atoms with Gasteiger partial charge in [-0.3, -0.25) is 0 Å². The number of benzene rings is 2. The van der Waals surface area contributed by atoms with Crippen molar-refractivity contribution in [3.63, 3.8) is 0 Å². The summed E-state index contributed by atoms with van der Waals surface area (Å²) in [5.41, 5.74) is 2.72. The van der Waals surface area contributed by atoms with Gasteiger partial charge in [-0.25, -0.2) is 0 Å². The van der Waals surface area contributed by atoms with Crippen LogP contribution in [0.4, 0.5) is 0 Å². The first-order chi connectivity index (χ1) is 11.3. The Labute approximate surface area is 137 Å². The van der Waals surface area contributed by atoms with Crippen molar-refractivity contribution in [2.75, 3.05) is 13.4 Å². The Morgan fingerprint density at radius 2 is 1.70 bits per heavy atom. The van der Waals surface area contributed by atoms with Gasteiger partial charge in [-0.1, -0.05) is 36.0 Å². The Balaban J connectivity index is 2.06. The van der Waals surface area contributed by atoms with Crippen LogP contribution in [-0.4, -0.2) is 33.2 Å². The average Bonchev–Trinajstić information content (AvgIpc) is 3.04. The van der Waals surface area contributed by atoms with E-state index in [-0.39, 0.29) is 0 Å². The highest BCUT2D eigenvalue weighted by molar-refractivity contribution is 7.98. The van der Waals surface area contributed by atoms with E-state index in [9.17, 15) is 0 Å². The monoisotopic (exact) mass is 322 g/mol. The molecule has 2 heterocycles. The first kappa shape index (κ1) is 14.0. The van der Waals surface area contributed by atoms with Crippen LogP contribution in [0.15, 0.2) is 53.7 Å². The number of aromatic nitrogens is 4. The van der Waals surface area contributed by atoms with Crippen molar-refractivity contribution in [2.24, 2.45) is 0 Å². The van der Waals surface area contributed by atoms with Crippen LogP contribution in [0.1, 0.15) is 0 Å². The van der Waals surface area contributed by atoms with E-state index in [1.54, 1.807) is 7.11 Å². The van der Waals surface area contributed by atoms with Crippen molar-refractivity contribution < 1.29 is 4.74 Å². The number of fused-ring (bicyclic) bond motifs is 3. The molecule has 4 rings (SSSR count). The number of ether oxygens (including phenoxy) is 1. The molecule has 2 aromatic heterocycles. The van der Waals surface area contributed by atoms with Gasteiger partial charge in [-0.05, 0) is 30.5 Å². The van der Waals surface area contributed by atoms with Crippen molar-refractivity contribution in [3.05, 3.63) is 48.5 Å². The minimum absolute atomic E-state index is 0.778. The van der Waals surface area contributed by atoms with Crippen LogP contribution in [0.25, 0.3) is 27.7 Å². The van der Waals surface area contributed by atoms with E-state index in [2.05, 4.69) is 22.3 Å². The zero-order valence-corrected chi connectivity index (χ0v) is 13.5. The summed E-state index contributed by atoms with van der Waals surface area (Å²) in [6.45, 7) is 0. The van der Waals surface area contributed by atoms with E-state index in [1.807, 2.05) is 47.2 Å². The molecule has 2 aromatic carbocycles. The zero-order chi connectivity index (χ0) is 15.8. The highest BCUT2D eigenvalue weighted by Crippen LogP contribution is 2.30. The molecule has 0 unspecified atom stereocenters. The summed E-state index contributed by atoms with van der Waals surface area (Å²) in [6.07, 6.45) is 1.97. The molecule has 0 saturated heterocycles. The first-order valence-corrected chi connectivity index (χ1v) is 8.37. The highest BCUT2D eigenvalue weighted by Gasteiger charge is 2.14. The summed E-state index contributed by atoms with van der Waals surface area (Å²) < 4.78 is 7.05. The SMILES string of the molecule is COc1ccc(-c2nn3c(SC)nnc3c3ccccc23)cc1. The summed E-state index contributed by atoms with van der Waals surface area (Å²) in [5.74, 6) is 0.827. The summed E-state index contributed by atoms with van der Waals surface area (Å²) in [6, 6.07) is 16.1. The Bertz CT molecular complexity index is 995. The van der Waals surface area contributed by atoms with Crippen LogP contribution in [0.5, 0.6) is 5.75 Å². The average molecular weight is 322 g/mol. The normalized spacial score (nSPS) is 11.2. The summed E-state index contributed by atoms with van der Waals surface area (Å²) >= 11 is 1.53. The van der Waals surface area contributed by atoms with E-state index < -0.39 is 0 Å². The van der Waals surface area contributed by atoms with Crippen LogP contribution in [-0.2, 0) is 0 Å². The molecule has 0 aliphatic heterocycles. The standard InChI is InChI=1S/C17H14N4OS/c1-22-12-9-7-11(8-10-12)15-13-5-3-4-6-14(13)16-18-19-17(23-2)21(16)20-15/h3-10H,1-2H3. The Hall–Kier alpha value is -2.60. The van der Waals surface area contributed by atoms with E-state index in [1.165, 1.54) is 11.8 Å². The van der Waals surface area contributed by atoms with Crippen molar-refractivity contribution in [3.8, 4) is 17.0 Å². The molecule has 0 bridgehead atoms. The largest absolute Gasteiger partial charge is 0.497 e. The maximum Gasteiger partial charge on any atom is 0.212 e. The Kier molecular flexibility index (Phi) is 3.38. The maximum absolute atomic E-state index is 5.24. The lowest BCUT2D eigenvalue weighted by molar-refractivity contribution is 0.415. The fraction of sp³-hybridized carbons (Fsp3) is 0.118. The molecule has 0 atom stereocenters. The van der Waals surface area contributed by atoms with Gasteiger partial charge in [-0.15, -0.1) is 10.2 Å². The maximum atomic E-state index is 5.24. The van der Waals surface area contributed by atoms with Crippen molar-refractivity contribution in [1.82, 2.24) is 19.8 Å². The molecular weight excluding hydrogens is 308 g/mol. The highest BCUT2D eigenvalue weighted by atomic mass is 32.2. The topological polar surface area (TPSA) is 52.3 Å². The van der Waals surface area contributed by atoms with E-state index >= 15 is 0 Å². The van der Waals surface area contributed by atoms with Crippen LogP contribution in [0.3, 0.4) is 0 Å². The third kappa shape index (κ3) is 2.22. The minimum atomic E-state index is 0.778. The molecule has 0 aliphatic rings. The molecule has 4 aromatic rings. The Morgan fingerprint density at radius 1 is 0.957 bits per heavy atom. The number of methoxy groups -OCH3 is 1. The summed E-state index contributed by atoms with van der Waals surface area (Å²) in [5, 5.41) is 16.2. The third-order valence-electron chi connectivity index (χ3n) is 3.78. The van der Waals surface area contributed by atoms with Gasteiger partial charge >= 0.3 is 0 Å². The van der Waals surface area contributed by atoms with Gasteiger partial charge in [0.1, 0.15) is 5.75 Å². The summed E-state index contributed by atoms with van der Waals surface area (Å²) in [7, 11) is 1.66. The van der Waals surface area contributed by atoms with Crippen LogP contribution in [0, 0.1) is 0 Å². The van der Waals surface area contributed by atoms with Crippen LogP contribution in [0.2, 0.25) is 0 Å². The number of hydrogen-bond donors (Lipinski definition) is 0. The van der Waals surface area contributed by atoms with Crippen molar-refractivity contribution >= 4 is 28.2 Å². The second-order valence-corrected chi connectivity index (χ2v) is 5.82. The lowest BCUT2D eigenvalue weighted by atomic mass is 10.0. The number of nitrogens with zero attached hydrogens (tertiary/aromatic N) is 4. The number of thioether (sulfide) groups is 1. The molecule has 0 N–H and O–H groups in total. The zero-order valence-electron chi connectivity index (χ0n) is 12.7. The van der Waals surface area contributed by atoms with Gasteiger partial charge in [0.25, 0.3) is 0 Å². The molecule has 0 spiro atoms. The molecule has 114 valence electrons. The van der Waals surface area contributed by atoms with Crippen LogP contribution >= 0.6 is 11.8 Å². The number of rotatable bonds is 3. The van der Waals surface area contributed by atoms with Gasteiger partial charge < -0.3 is 4.74 Å². The van der Waals surface area contributed by atoms with E-state index in [4.69, 9.17) is 9.84 Å². The van der Waals surface area contributed by atoms with E-state index in [0.717, 1.165) is 38.6 Å². The smallest absolute Gasteiger partial charge is 0.212 e. The van der Waals surface area contributed by atoms with Crippen LogP contribution < -0.4 is 4.74 Å². The molecule has 0 amide bonds. The van der Waals surface area contributed by atoms with Gasteiger partial charge in [0.15, 0.2) is 5.65 Å². The molecule has 0 radical (unpaired) electrons. The molecule has 0 saturated carbocycles. The fourth-order valence-corrected chi connectivity index (χ4v) is 3.07. The van der Waals surface area contributed by atoms with Crippen molar-refractivity contribution in [2.45, 2.75) is 5.16 Å². The molecule has 0 aliphatic carbocycles. The Morgan fingerprint density at radius 3 is 2.39 bits per heavy atom. The number of hydrogen-bond acceptors (Lipinski definition) is 5. The second kappa shape index (κ2) is 5.55. The third-order valence-corrected chi connectivity index (χ3v) is 4.40. The summed E-state index contributed by atoms with van der Waals surface area (Å²) in [4.78, 5) is 0. The van der Waals surface area contributed by atoms with E-state index in [0.29, 0.717) is 0 Å². The molecule has 0 fully saturated rings. The van der Waals surface area contributed by atoms with Gasteiger partial charge in [0.2, 0.25) is 5.16 Å². The molecule has 5 nitrogen and oxygen atoms in total. The predicted molar refractivity (Wildman–Crippen MR) is 92.1 cm³/mol. The second-order valence-electron chi connectivity index (χ2n) is 5.04. The quantitative estimate of drug-likeness (QED) is 0.539. The molecule has 23 heavy (non-hydrogen) atoms.